The number of piperazine rings is 1. The van der Waals surface area contributed by atoms with Gasteiger partial charge in [-0.1, -0.05) is 13.0 Å². The van der Waals surface area contributed by atoms with Crippen LogP contribution in [0.3, 0.4) is 0 Å². The predicted molar refractivity (Wildman–Crippen MR) is 233 cm³/mol. The number of aliphatic imine (C=N–C) groups is 1. The third-order valence-corrected chi connectivity index (χ3v) is 12.8. The third kappa shape index (κ3) is 8.62. The number of pyridine rings is 1. The van der Waals surface area contributed by atoms with Crippen LogP contribution in [0.15, 0.2) is 53.7 Å². The van der Waals surface area contributed by atoms with Crippen molar-refractivity contribution in [3.8, 4) is 17.1 Å². The lowest BCUT2D eigenvalue weighted by atomic mass is 9.89. The lowest BCUT2D eigenvalue weighted by Crippen LogP contribution is -2.50. The lowest BCUT2D eigenvalue weighted by Gasteiger charge is -2.36. The summed E-state index contributed by atoms with van der Waals surface area (Å²) in [5.74, 6) is -3.14. The van der Waals surface area contributed by atoms with E-state index < -0.39 is 29.4 Å². The van der Waals surface area contributed by atoms with Crippen LogP contribution in [-0.4, -0.2) is 107 Å². The number of aryl methyl sites for hydroxylation is 2. The van der Waals surface area contributed by atoms with E-state index in [0.29, 0.717) is 106 Å². The van der Waals surface area contributed by atoms with Gasteiger partial charge in [-0.2, -0.15) is 10.1 Å². The minimum Gasteiger partial charge on any atom is -0.477 e. The maximum Gasteiger partial charge on any atom is 0.280 e. The number of aromatic nitrogens is 3. The third-order valence-electron chi connectivity index (χ3n) is 12.8. The van der Waals surface area contributed by atoms with Gasteiger partial charge in [0.15, 0.2) is 0 Å². The maximum atomic E-state index is 15.3. The van der Waals surface area contributed by atoms with Gasteiger partial charge in [0.2, 0.25) is 29.6 Å². The minimum absolute atomic E-state index is 0.0212. The molecule has 2 bridgehead atoms. The van der Waals surface area contributed by atoms with Gasteiger partial charge in [-0.05, 0) is 87.4 Å². The van der Waals surface area contributed by atoms with Crippen LogP contribution in [0.4, 0.5) is 25.8 Å². The molecule has 2 aromatic heterocycles. The van der Waals surface area contributed by atoms with Crippen LogP contribution in [0.2, 0.25) is 0 Å². The highest BCUT2D eigenvalue weighted by atomic mass is 19.1. The molecule has 3 saturated heterocycles. The number of benzene rings is 2. The van der Waals surface area contributed by atoms with Crippen LogP contribution in [0.25, 0.3) is 11.3 Å². The van der Waals surface area contributed by atoms with E-state index in [4.69, 9.17) is 9.72 Å². The molecule has 4 amide bonds. The number of guanidine groups is 1. The van der Waals surface area contributed by atoms with Crippen molar-refractivity contribution in [3.05, 3.63) is 82.7 Å². The van der Waals surface area contributed by atoms with Crippen molar-refractivity contribution in [2.75, 3.05) is 67.5 Å². The highest BCUT2D eigenvalue weighted by Crippen LogP contribution is 2.37. The highest BCUT2D eigenvalue weighted by molar-refractivity contribution is 6.19. The summed E-state index contributed by atoms with van der Waals surface area (Å²) in [5, 5.41) is 10.1. The second-order valence-corrected chi connectivity index (χ2v) is 17.3. The van der Waals surface area contributed by atoms with Gasteiger partial charge in [0.1, 0.15) is 11.6 Å². The molecule has 4 aromatic rings. The molecule has 63 heavy (non-hydrogen) atoms. The Morgan fingerprint density at radius 1 is 0.937 bits per heavy atom. The number of rotatable bonds is 6. The molecule has 2 aromatic carbocycles. The van der Waals surface area contributed by atoms with Crippen molar-refractivity contribution in [2.24, 2.45) is 16.8 Å². The Labute approximate surface area is 364 Å². The first-order chi connectivity index (χ1) is 30.4. The van der Waals surface area contributed by atoms with Crippen LogP contribution in [0, 0.1) is 30.4 Å². The van der Waals surface area contributed by atoms with Crippen molar-refractivity contribution < 1.29 is 32.7 Å². The molecule has 9 rings (SSSR count). The molecule has 7 heterocycles. The van der Waals surface area contributed by atoms with E-state index >= 15 is 8.78 Å². The summed E-state index contributed by atoms with van der Waals surface area (Å²) in [6.45, 7) is 11.9. The zero-order chi connectivity index (χ0) is 43.9. The zero-order valence-electron chi connectivity index (χ0n) is 35.8. The fourth-order valence-corrected chi connectivity index (χ4v) is 9.50. The molecule has 5 aliphatic heterocycles. The first-order valence-electron chi connectivity index (χ1n) is 22.0. The number of carbonyl (C=O) groups is 4. The Bertz CT molecular complexity index is 2480. The number of halogens is 2. The minimum atomic E-state index is -1.06. The summed E-state index contributed by atoms with van der Waals surface area (Å²) in [5.41, 5.74) is 5.40. The van der Waals surface area contributed by atoms with E-state index in [1.165, 1.54) is 12.1 Å². The summed E-state index contributed by atoms with van der Waals surface area (Å²) in [4.78, 5) is 69.0. The van der Waals surface area contributed by atoms with Gasteiger partial charge >= 0.3 is 0 Å². The number of amides is 4. The Morgan fingerprint density at radius 2 is 1.73 bits per heavy atom. The Balaban J connectivity index is 0.842. The summed E-state index contributed by atoms with van der Waals surface area (Å²) in [7, 11) is 0. The second kappa shape index (κ2) is 17.5. The summed E-state index contributed by atoms with van der Waals surface area (Å²) < 4.78 is 38.7. The van der Waals surface area contributed by atoms with Crippen molar-refractivity contribution >= 4 is 46.7 Å². The molecule has 330 valence electrons. The number of piperidine rings is 1. The van der Waals surface area contributed by atoms with Crippen LogP contribution in [-0.2, 0) is 27.5 Å². The number of fused-ring (bicyclic) bond motifs is 7. The number of hydrogen-bond donors (Lipinski definition) is 2. The molecule has 17 heteroatoms. The monoisotopic (exact) mass is 862 g/mol. The number of hydrogen-bond acceptors (Lipinski definition) is 11. The predicted octanol–water partition coefficient (Wildman–Crippen LogP) is 5.48. The molecule has 3 atom stereocenters. The van der Waals surface area contributed by atoms with E-state index in [1.807, 2.05) is 34.4 Å². The Morgan fingerprint density at radius 3 is 2.49 bits per heavy atom. The van der Waals surface area contributed by atoms with Gasteiger partial charge in [0.05, 0.1) is 47.3 Å². The molecular formula is C46H52F2N10O5. The van der Waals surface area contributed by atoms with Crippen molar-refractivity contribution in [1.29, 1.82) is 0 Å². The van der Waals surface area contributed by atoms with E-state index in [-0.39, 0.29) is 42.1 Å². The Hall–Kier alpha value is -6.23. The molecule has 0 spiro atoms. The van der Waals surface area contributed by atoms with Crippen LogP contribution in [0.1, 0.15) is 79.0 Å². The molecule has 3 fully saturated rings. The number of carbonyl (C=O) groups excluding carboxylic acids is 4. The van der Waals surface area contributed by atoms with Gasteiger partial charge in [0.25, 0.3) is 5.91 Å². The topological polar surface area (TPSA) is 158 Å². The van der Waals surface area contributed by atoms with Crippen molar-refractivity contribution in [3.63, 3.8) is 0 Å². The fraction of sp³-hybridized carbons (Fsp3) is 0.457. The molecule has 0 radical (unpaired) electrons. The largest absolute Gasteiger partial charge is 0.477 e. The summed E-state index contributed by atoms with van der Waals surface area (Å²) in [6.07, 6.45) is 4.10. The quantitative estimate of drug-likeness (QED) is 0.237. The Kier molecular flexibility index (Phi) is 11.7. The first-order valence-corrected chi connectivity index (χ1v) is 22.0. The zero-order valence-corrected chi connectivity index (χ0v) is 35.8. The number of nitrogens with one attached hydrogen (secondary N) is 2. The first kappa shape index (κ1) is 42.1. The van der Waals surface area contributed by atoms with E-state index in [1.54, 1.807) is 18.3 Å². The van der Waals surface area contributed by atoms with Crippen molar-refractivity contribution in [2.45, 2.75) is 71.9 Å². The van der Waals surface area contributed by atoms with Crippen LogP contribution >= 0.6 is 0 Å². The molecular weight excluding hydrogens is 811 g/mol. The maximum absolute atomic E-state index is 15.3. The fourth-order valence-electron chi connectivity index (χ4n) is 9.50. The lowest BCUT2D eigenvalue weighted by molar-refractivity contribution is -0.137. The molecule has 15 nitrogen and oxygen atoms in total. The van der Waals surface area contributed by atoms with Gasteiger partial charge in [-0.15, -0.1) is 0 Å². The van der Waals surface area contributed by atoms with Crippen LogP contribution in [0.5, 0.6) is 5.88 Å². The molecule has 2 N–H and O–H groups in total. The number of nitrogens with zero attached hydrogens (tertiary/aromatic N) is 8. The smallest absolute Gasteiger partial charge is 0.280 e. The summed E-state index contributed by atoms with van der Waals surface area (Å²) in [6, 6.07) is 12.2. The van der Waals surface area contributed by atoms with Gasteiger partial charge in [0, 0.05) is 87.8 Å². The molecule has 5 aliphatic rings. The molecule has 0 aliphatic carbocycles. The molecule has 0 unspecified atom stereocenters. The van der Waals surface area contributed by atoms with Crippen LogP contribution < -0.4 is 25.2 Å². The van der Waals surface area contributed by atoms with E-state index in [9.17, 15) is 19.2 Å². The normalized spacial score (nSPS) is 22.8. The van der Waals surface area contributed by atoms with Crippen molar-refractivity contribution in [1.82, 2.24) is 29.9 Å². The average molecular weight is 863 g/mol. The average Bonchev–Trinajstić information content (AvgIpc) is 4.00. The van der Waals surface area contributed by atoms with Gasteiger partial charge < -0.3 is 24.8 Å². The van der Waals surface area contributed by atoms with Gasteiger partial charge in [-0.25, -0.2) is 13.5 Å². The number of ether oxygens (including phenoxy) is 1. The van der Waals surface area contributed by atoms with E-state index in [0.717, 1.165) is 35.3 Å². The molecule has 0 saturated carbocycles. The van der Waals surface area contributed by atoms with Gasteiger partial charge in [-0.3, -0.25) is 34.4 Å². The highest BCUT2D eigenvalue weighted by Gasteiger charge is 2.36. The second-order valence-electron chi connectivity index (χ2n) is 17.3. The standard InChI is InChI=1S/C46H52F2N10O5/c1-4-58-45-34(23-49-58)38-20-31(18-28(3)50-38)42(60)53-46-51-37-9-7-29(19-39(37)57(46)24-27(2)6-5-17-63-45)25-54-13-15-55(16-14-54)44(62)30-11-12-56(26-30)32-21-35(47)41(36(48)22-32)33-8-10-40(59)52-43(33)61/h7,9,18-23,27,30,33H,4-6,8,10-17,24-26H2,1-3H3,(H,51,53,60)(H,52,59,61)/t27-,30-,33-/m1/s1. The number of anilines is 3. The van der Waals surface area contributed by atoms with E-state index in [2.05, 4.69) is 49.6 Å². The number of imide groups is 1. The summed E-state index contributed by atoms with van der Waals surface area (Å²) >= 11 is 0. The SMILES string of the molecule is CCn1ncc2c1OCCC[C@@H](C)CN1/C(=N/C(=O)c3cc(C)nc-2c3)Nc2ccc(CN3CCN(C(=O)[C@@H]4CCN(c5cc(F)c([C@H]6CCC(=O)NC6=O)c(F)c5)C4)CC3)cc21.